The number of likely N-dealkylation sites (tertiary alicyclic amines) is 1. The fourth-order valence-corrected chi connectivity index (χ4v) is 6.20. The van der Waals surface area contributed by atoms with Gasteiger partial charge >= 0.3 is 6.18 Å². The molecule has 0 radical (unpaired) electrons. The van der Waals surface area contributed by atoms with Gasteiger partial charge in [0.15, 0.2) is 9.84 Å². The van der Waals surface area contributed by atoms with Crippen molar-refractivity contribution in [3.05, 3.63) is 42.5 Å². The van der Waals surface area contributed by atoms with Gasteiger partial charge in [0.2, 0.25) is 5.91 Å². The van der Waals surface area contributed by atoms with Crippen LogP contribution in [0.25, 0.3) is 0 Å². The maximum absolute atomic E-state index is 13.8. The van der Waals surface area contributed by atoms with Gasteiger partial charge in [0.25, 0.3) is 5.91 Å². The van der Waals surface area contributed by atoms with Gasteiger partial charge in [0, 0.05) is 24.3 Å². The topological polar surface area (TPSA) is 83.6 Å². The van der Waals surface area contributed by atoms with Crippen molar-refractivity contribution >= 4 is 27.3 Å². The van der Waals surface area contributed by atoms with Crippen LogP contribution in [0.15, 0.2) is 36.9 Å². The molecule has 2 atom stereocenters. The zero-order valence-corrected chi connectivity index (χ0v) is 15.6. The van der Waals surface area contributed by atoms with Crippen LogP contribution in [-0.2, 0) is 14.6 Å². The normalized spacial score (nSPS) is 26.4. The molecule has 28 heavy (non-hydrogen) atoms. The number of alkyl halides is 3. The number of fused-ring (bicyclic) bond motifs is 1. The summed E-state index contributed by atoms with van der Waals surface area (Å²) in [6, 6.07) is 5.62. The number of rotatable bonds is 3. The first kappa shape index (κ1) is 20.4. The van der Waals surface area contributed by atoms with Crippen molar-refractivity contribution in [1.82, 2.24) is 4.90 Å². The Labute approximate surface area is 160 Å². The number of hydrogen-bond donors (Lipinski definition) is 1. The second-order valence-electron chi connectivity index (χ2n) is 7.07. The number of carbonyl (C=O) groups is 2. The van der Waals surface area contributed by atoms with E-state index in [1.54, 1.807) is 0 Å². The average molecular weight is 416 g/mol. The van der Waals surface area contributed by atoms with E-state index in [4.69, 9.17) is 0 Å². The van der Waals surface area contributed by atoms with Crippen LogP contribution in [0.2, 0.25) is 0 Å². The number of carbonyl (C=O) groups excluding carboxylic acids is 2. The number of anilines is 1. The Morgan fingerprint density at radius 1 is 1.25 bits per heavy atom. The highest BCUT2D eigenvalue weighted by atomic mass is 32.2. The molecule has 1 aromatic carbocycles. The molecule has 0 spiro atoms. The Hall–Kier alpha value is -2.36. The van der Waals surface area contributed by atoms with Crippen molar-refractivity contribution in [1.29, 1.82) is 0 Å². The molecule has 1 aromatic rings. The summed E-state index contributed by atoms with van der Waals surface area (Å²) >= 11 is 0. The van der Waals surface area contributed by atoms with E-state index in [-0.39, 0.29) is 24.2 Å². The smallest absolute Gasteiger partial charge is 0.336 e. The Morgan fingerprint density at radius 2 is 1.89 bits per heavy atom. The molecular formula is C18H19F3N2O4S. The number of nitrogens with one attached hydrogen (secondary N) is 1. The van der Waals surface area contributed by atoms with Gasteiger partial charge in [0.05, 0.1) is 11.0 Å². The molecule has 2 amide bonds. The van der Waals surface area contributed by atoms with Crippen LogP contribution in [0.4, 0.5) is 18.9 Å². The summed E-state index contributed by atoms with van der Waals surface area (Å²) in [6.07, 6.45) is -4.03. The number of hydrogen-bond acceptors (Lipinski definition) is 4. The lowest BCUT2D eigenvalue weighted by molar-refractivity contribution is -0.220. The minimum atomic E-state index is -4.72. The lowest BCUT2D eigenvalue weighted by Crippen LogP contribution is -2.53. The number of sulfone groups is 1. The minimum absolute atomic E-state index is 0.0714. The molecule has 1 N–H and O–H groups in total. The van der Waals surface area contributed by atoms with Crippen LogP contribution in [0, 0.1) is 5.41 Å². The van der Waals surface area contributed by atoms with E-state index in [1.165, 1.54) is 24.3 Å². The van der Waals surface area contributed by atoms with Crippen molar-refractivity contribution in [2.45, 2.75) is 24.3 Å². The number of halogens is 3. The molecule has 3 rings (SSSR count). The summed E-state index contributed by atoms with van der Waals surface area (Å²) in [5.74, 6) is -1.41. The van der Waals surface area contributed by atoms with Crippen LogP contribution in [0.3, 0.4) is 0 Å². The van der Waals surface area contributed by atoms with Crippen LogP contribution in [0.5, 0.6) is 0 Å². The molecule has 2 aliphatic rings. The summed E-state index contributed by atoms with van der Waals surface area (Å²) in [4.78, 5) is 25.0. The monoisotopic (exact) mass is 416 g/mol. The van der Waals surface area contributed by atoms with Crippen molar-refractivity contribution in [2.75, 3.05) is 24.2 Å². The predicted molar refractivity (Wildman–Crippen MR) is 96.5 cm³/mol. The Balaban J connectivity index is 1.86. The molecular weight excluding hydrogens is 397 g/mol. The van der Waals surface area contributed by atoms with Gasteiger partial charge in [-0.15, -0.1) is 0 Å². The van der Waals surface area contributed by atoms with Gasteiger partial charge in [-0.2, -0.15) is 13.2 Å². The van der Waals surface area contributed by atoms with E-state index in [1.807, 2.05) is 0 Å². The van der Waals surface area contributed by atoms with Crippen molar-refractivity contribution < 1.29 is 31.2 Å². The molecule has 0 aliphatic carbocycles. The first-order valence-corrected chi connectivity index (χ1v) is 10.3. The molecule has 0 aromatic heterocycles. The second-order valence-corrected chi connectivity index (χ2v) is 9.37. The maximum atomic E-state index is 13.8. The van der Waals surface area contributed by atoms with E-state index in [0.717, 1.165) is 11.0 Å². The maximum Gasteiger partial charge on any atom is 0.397 e. The van der Waals surface area contributed by atoms with Crippen molar-refractivity contribution in [2.24, 2.45) is 5.41 Å². The molecule has 0 bridgehead atoms. The van der Waals surface area contributed by atoms with E-state index >= 15 is 0 Å². The summed E-state index contributed by atoms with van der Waals surface area (Å²) in [6.45, 7) is 2.17. The molecule has 0 saturated carbocycles. The zero-order chi connectivity index (χ0) is 20.7. The number of amides is 2. The van der Waals surface area contributed by atoms with Crippen molar-refractivity contribution in [3.8, 4) is 0 Å². The molecule has 152 valence electrons. The minimum Gasteiger partial charge on any atom is -0.336 e. The molecule has 2 saturated heterocycles. The SMILES string of the molecule is C=CC(=O)Nc1ccc(C(=O)N2C[C@@H]3[C@@](C(F)(F)F)(CCCS3(=O)=O)C2)cc1. The largest absolute Gasteiger partial charge is 0.397 e. The Kier molecular flexibility index (Phi) is 5.03. The highest BCUT2D eigenvalue weighted by Gasteiger charge is 2.68. The average Bonchev–Trinajstić information content (AvgIpc) is 3.04. The van der Waals surface area contributed by atoms with Gasteiger partial charge in [0.1, 0.15) is 5.41 Å². The van der Waals surface area contributed by atoms with Crippen LogP contribution in [0.1, 0.15) is 23.2 Å². The third kappa shape index (κ3) is 3.41. The summed E-state index contributed by atoms with van der Waals surface area (Å²) < 4.78 is 66.1. The van der Waals surface area contributed by atoms with E-state index in [9.17, 15) is 31.2 Å². The van der Waals surface area contributed by atoms with Gasteiger partial charge in [-0.25, -0.2) is 8.42 Å². The zero-order valence-electron chi connectivity index (χ0n) is 14.8. The van der Waals surface area contributed by atoms with E-state index in [0.29, 0.717) is 5.69 Å². The molecule has 10 heteroatoms. The third-order valence-electron chi connectivity index (χ3n) is 5.40. The first-order valence-electron chi connectivity index (χ1n) is 8.61. The first-order chi connectivity index (χ1) is 13.0. The second kappa shape index (κ2) is 6.91. The molecule has 2 heterocycles. The van der Waals surface area contributed by atoms with Gasteiger partial charge in [-0.1, -0.05) is 6.58 Å². The fraction of sp³-hybridized carbons (Fsp3) is 0.444. The fourth-order valence-electron chi connectivity index (χ4n) is 3.95. The highest BCUT2D eigenvalue weighted by Crippen LogP contribution is 2.53. The summed E-state index contributed by atoms with van der Waals surface area (Å²) in [5.41, 5.74) is -1.91. The molecule has 0 unspecified atom stereocenters. The van der Waals surface area contributed by atoms with Gasteiger partial charge < -0.3 is 10.2 Å². The summed E-state index contributed by atoms with van der Waals surface area (Å²) in [5, 5.41) is 0.859. The van der Waals surface area contributed by atoms with Crippen LogP contribution < -0.4 is 5.32 Å². The number of benzene rings is 1. The molecule has 2 aliphatic heterocycles. The van der Waals surface area contributed by atoms with E-state index in [2.05, 4.69) is 11.9 Å². The quantitative estimate of drug-likeness (QED) is 0.767. The lowest BCUT2D eigenvalue weighted by atomic mass is 9.81. The third-order valence-corrected chi connectivity index (χ3v) is 7.72. The summed E-state index contributed by atoms with van der Waals surface area (Å²) in [7, 11) is -3.94. The lowest BCUT2D eigenvalue weighted by Gasteiger charge is -2.39. The standard InChI is InChI=1S/C18H19F3N2O4S/c1-2-15(24)22-13-6-4-12(5-7-13)16(25)23-10-14-17(11-23,18(19,20)21)8-3-9-28(14,26)27/h2,4-7,14H,1,3,8-11H2,(H,22,24)/t14-,17-/m1/s1. The molecule has 2 fully saturated rings. The van der Waals surface area contributed by atoms with Crippen LogP contribution in [-0.4, -0.2) is 55.4 Å². The Morgan fingerprint density at radius 3 is 2.43 bits per heavy atom. The van der Waals surface area contributed by atoms with E-state index < -0.39 is 51.6 Å². The number of nitrogens with zero attached hydrogens (tertiary/aromatic N) is 1. The molecule has 6 nitrogen and oxygen atoms in total. The van der Waals surface area contributed by atoms with Gasteiger partial charge in [-0.05, 0) is 43.2 Å². The van der Waals surface area contributed by atoms with Gasteiger partial charge in [-0.3, -0.25) is 9.59 Å². The van der Waals surface area contributed by atoms with Crippen LogP contribution >= 0.6 is 0 Å². The van der Waals surface area contributed by atoms with Crippen molar-refractivity contribution in [3.63, 3.8) is 0 Å². The Bertz CT molecular complexity index is 912. The predicted octanol–water partition coefficient (Wildman–Crippen LogP) is 2.39. The highest BCUT2D eigenvalue weighted by molar-refractivity contribution is 7.92.